The van der Waals surface area contributed by atoms with E-state index >= 15 is 0 Å². The number of hydrogen-bond acceptors (Lipinski definition) is 10. The Labute approximate surface area is 257 Å². The summed E-state index contributed by atoms with van der Waals surface area (Å²) in [7, 11) is 0. The van der Waals surface area contributed by atoms with Crippen LogP contribution in [0.15, 0.2) is 59.7 Å². The lowest BCUT2D eigenvalue weighted by atomic mass is 9.87. The SMILES string of the molecule is CCN(CC)c1ccc(C=C2C(=O)OC3(CCC4(CC3)OC(=O)C(=Cc3ccc(N(CC)CC)cc3)C(=O)O4)OC2=O)cc1. The number of carbonyl (C=O) groups excluding carboxylic acids is 4. The average Bonchev–Trinajstić information content (AvgIpc) is 3.01. The van der Waals surface area contributed by atoms with Gasteiger partial charge >= 0.3 is 23.9 Å². The summed E-state index contributed by atoms with van der Waals surface area (Å²) in [6.45, 7) is 11.7. The summed E-state index contributed by atoms with van der Waals surface area (Å²) in [6.07, 6.45) is 2.91. The van der Waals surface area contributed by atoms with Gasteiger partial charge in [-0.1, -0.05) is 24.3 Å². The van der Waals surface area contributed by atoms with Crippen molar-refractivity contribution in [2.45, 2.75) is 65.0 Å². The molecule has 10 heteroatoms. The number of rotatable bonds is 8. The number of benzene rings is 2. The first-order valence-electron chi connectivity index (χ1n) is 15.2. The van der Waals surface area contributed by atoms with Gasteiger partial charge in [0.2, 0.25) is 0 Å². The molecule has 2 spiro atoms. The first-order chi connectivity index (χ1) is 21.1. The predicted molar refractivity (Wildman–Crippen MR) is 164 cm³/mol. The van der Waals surface area contributed by atoms with Gasteiger partial charge in [0, 0.05) is 63.2 Å². The fourth-order valence-corrected chi connectivity index (χ4v) is 5.83. The van der Waals surface area contributed by atoms with Gasteiger partial charge in [0.05, 0.1) is 0 Å². The van der Waals surface area contributed by atoms with Crippen molar-refractivity contribution in [2.24, 2.45) is 0 Å². The van der Waals surface area contributed by atoms with E-state index in [4.69, 9.17) is 18.9 Å². The lowest BCUT2D eigenvalue weighted by Gasteiger charge is -2.46. The van der Waals surface area contributed by atoms with Crippen molar-refractivity contribution in [1.29, 1.82) is 0 Å². The van der Waals surface area contributed by atoms with Gasteiger partial charge < -0.3 is 28.7 Å². The zero-order valence-electron chi connectivity index (χ0n) is 25.6. The Hall–Kier alpha value is -4.60. The third-order valence-electron chi connectivity index (χ3n) is 8.43. The normalized spacial score (nSPS) is 23.1. The Kier molecular flexibility index (Phi) is 8.80. The van der Waals surface area contributed by atoms with E-state index in [1.165, 1.54) is 12.2 Å². The number of hydrogen-bond donors (Lipinski definition) is 0. The van der Waals surface area contributed by atoms with Crippen molar-refractivity contribution in [3.8, 4) is 0 Å². The topological polar surface area (TPSA) is 112 Å². The van der Waals surface area contributed by atoms with Gasteiger partial charge in [-0.05, 0) is 75.2 Å². The van der Waals surface area contributed by atoms with E-state index in [1.807, 2.05) is 48.5 Å². The molecule has 5 rings (SSSR count). The fourth-order valence-electron chi connectivity index (χ4n) is 5.83. The van der Waals surface area contributed by atoms with Crippen LogP contribution in [0.4, 0.5) is 11.4 Å². The highest BCUT2D eigenvalue weighted by atomic mass is 16.8. The molecule has 1 saturated carbocycles. The lowest BCUT2D eigenvalue weighted by Crippen LogP contribution is -2.56. The van der Waals surface area contributed by atoms with Gasteiger partial charge in [0.15, 0.2) is 0 Å². The quantitative estimate of drug-likeness (QED) is 0.232. The molecule has 1 aliphatic carbocycles. The second-order valence-electron chi connectivity index (χ2n) is 11.0. The van der Waals surface area contributed by atoms with Crippen LogP contribution in [0.1, 0.15) is 64.5 Å². The molecule has 44 heavy (non-hydrogen) atoms. The fraction of sp³-hybridized carbons (Fsp3) is 0.412. The molecule has 2 saturated heterocycles. The van der Waals surface area contributed by atoms with Gasteiger partial charge in [-0.3, -0.25) is 0 Å². The molecule has 232 valence electrons. The van der Waals surface area contributed by atoms with Crippen molar-refractivity contribution in [2.75, 3.05) is 36.0 Å². The number of nitrogens with zero attached hydrogens (tertiary/aromatic N) is 2. The molecule has 2 aromatic carbocycles. The summed E-state index contributed by atoms with van der Waals surface area (Å²) in [5, 5.41) is 0. The zero-order chi connectivity index (χ0) is 31.5. The maximum absolute atomic E-state index is 13.0. The number of carbonyl (C=O) groups is 4. The van der Waals surface area contributed by atoms with E-state index in [0.717, 1.165) is 37.6 Å². The minimum Gasteiger partial charge on any atom is -0.419 e. The van der Waals surface area contributed by atoms with Gasteiger partial charge in [-0.25, -0.2) is 19.2 Å². The van der Waals surface area contributed by atoms with Crippen LogP contribution in [-0.4, -0.2) is 61.6 Å². The Morgan fingerprint density at radius 1 is 0.523 bits per heavy atom. The molecule has 2 aromatic rings. The second kappa shape index (κ2) is 12.6. The van der Waals surface area contributed by atoms with Crippen LogP contribution in [0.5, 0.6) is 0 Å². The van der Waals surface area contributed by atoms with Crippen molar-refractivity contribution >= 4 is 47.4 Å². The highest BCUT2D eigenvalue weighted by Gasteiger charge is 2.56. The maximum atomic E-state index is 13.0. The van der Waals surface area contributed by atoms with Crippen LogP contribution in [0.3, 0.4) is 0 Å². The van der Waals surface area contributed by atoms with E-state index in [-0.39, 0.29) is 36.8 Å². The largest absolute Gasteiger partial charge is 0.419 e. The molecular weight excluding hydrogens is 564 g/mol. The first kappa shape index (κ1) is 30.8. The monoisotopic (exact) mass is 602 g/mol. The Morgan fingerprint density at radius 3 is 1.05 bits per heavy atom. The van der Waals surface area contributed by atoms with E-state index in [0.29, 0.717) is 11.1 Å². The molecule has 0 aromatic heterocycles. The molecule has 2 heterocycles. The second-order valence-corrected chi connectivity index (χ2v) is 11.0. The van der Waals surface area contributed by atoms with Crippen molar-refractivity contribution in [3.05, 3.63) is 70.8 Å². The highest BCUT2D eigenvalue weighted by Crippen LogP contribution is 2.45. The maximum Gasteiger partial charge on any atom is 0.348 e. The summed E-state index contributed by atoms with van der Waals surface area (Å²) in [5.41, 5.74) is 2.99. The molecule has 0 unspecified atom stereocenters. The molecule has 2 aliphatic heterocycles. The van der Waals surface area contributed by atoms with E-state index < -0.39 is 35.5 Å². The Bertz CT molecular complexity index is 1320. The molecule has 0 bridgehead atoms. The molecule has 3 aliphatic rings. The average molecular weight is 603 g/mol. The van der Waals surface area contributed by atoms with Crippen LogP contribution in [-0.2, 0) is 38.1 Å². The zero-order valence-corrected chi connectivity index (χ0v) is 25.6. The van der Waals surface area contributed by atoms with Crippen LogP contribution in [0.25, 0.3) is 12.2 Å². The number of esters is 4. The third-order valence-corrected chi connectivity index (χ3v) is 8.43. The first-order valence-corrected chi connectivity index (χ1v) is 15.2. The van der Waals surface area contributed by atoms with Gasteiger partial charge in [0.1, 0.15) is 11.1 Å². The number of anilines is 2. The van der Waals surface area contributed by atoms with Crippen molar-refractivity contribution in [3.63, 3.8) is 0 Å². The van der Waals surface area contributed by atoms with Gasteiger partial charge in [-0.15, -0.1) is 0 Å². The van der Waals surface area contributed by atoms with Crippen molar-refractivity contribution in [1.82, 2.24) is 0 Å². The lowest BCUT2D eigenvalue weighted by molar-refractivity contribution is -0.291. The van der Waals surface area contributed by atoms with E-state index in [2.05, 4.69) is 37.5 Å². The van der Waals surface area contributed by atoms with Crippen LogP contribution in [0.2, 0.25) is 0 Å². The van der Waals surface area contributed by atoms with Gasteiger partial charge in [-0.2, -0.15) is 0 Å². The number of ether oxygens (including phenoxy) is 4. The smallest absolute Gasteiger partial charge is 0.348 e. The molecule has 0 radical (unpaired) electrons. The van der Waals surface area contributed by atoms with Crippen molar-refractivity contribution < 1.29 is 38.1 Å². The summed E-state index contributed by atoms with van der Waals surface area (Å²) in [5.74, 6) is -6.21. The summed E-state index contributed by atoms with van der Waals surface area (Å²) in [4.78, 5) is 56.2. The van der Waals surface area contributed by atoms with Crippen LogP contribution in [0, 0.1) is 0 Å². The van der Waals surface area contributed by atoms with Crippen LogP contribution >= 0.6 is 0 Å². The van der Waals surface area contributed by atoms with Crippen LogP contribution < -0.4 is 9.80 Å². The Balaban J connectivity index is 1.22. The molecule has 0 atom stereocenters. The molecule has 3 fully saturated rings. The standard InChI is InChI=1S/C34H38N2O8/c1-5-35(6-2)25-13-9-23(10-14-25)21-27-29(37)41-33(42-30(27)38)17-19-34(20-18-33)43-31(39)28(32(40)44-34)22-24-11-15-26(16-12-24)36(7-3)8-4/h9-16,21-22H,5-8,17-20H2,1-4H3. The summed E-state index contributed by atoms with van der Waals surface area (Å²) in [6, 6.07) is 15.0. The minimum absolute atomic E-state index is 0.00273. The van der Waals surface area contributed by atoms with E-state index in [1.54, 1.807) is 0 Å². The molecule has 0 amide bonds. The molecule has 10 nitrogen and oxygen atoms in total. The third kappa shape index (κ3) is 6.20. The summed E-state index contributed by atoms with van der Waals surface area (Å²) >= 11 is 0. The highest BCUT2D eigenvalue weighted by molar-refractivity contribution is 6.19. The van der Waals surface area contributed by atoms with Gasteiger partial charge in [0.25, 0.3) is 11.6 Å². The van der Waals surface area contributed by atoms with E-state index in [9.17, 15) is 19.2 Å². The summed E-state index contributed by atoms with van der Waals surface area (Å²) < 4.78 is 22.6. The minimum atomic E-state index is -1.52. The Morgan fingerprint density at radius 2 is 0.795 bits per heavy atom. The predicted octanol–water partition coefficient (Wildman–Crippen LogP) is 5.01. The molecule has 0 N–H and O–H groups in total. The molecular formula is C34H38N2O8.